The minimum absolute atomic E-state index is 0.315. The predicted octanol–water partition coefficient (Wildman–Crippen LogP) is 4.17. The summed E-state index contributed by atoms with van der Waals surface area (Å²) in [5.74, 6) is 0. The van der Waals surface area contributed by atoms with Crippen LogP contribution in [0.25, 0.3) is 0 Å². The van der Waals surface area contributed by atoms with E-state index in [-0.39, 0.29) is 0 Å². The Labute approximate surface area is 86.0 Å². The first-order chi connectivity index (χ1) is 5.99. The molecule has 0 unspecified atom stereocenters. The maximum atomic E-state index is 2.39. The van der Waals surface area contributed by atoms with Crippen molar-refractivity contribution in [3.05, 3.63) is 21.4 Å². The fourth-order valence-corrected chi connectivity index (χ4v) is 2.81. The molecule has 0 atom stereocenters. The van der Waals surface area contributed by atoms with Gasteiger partial charge < -0.3 is 0 Å². The van der Waals surface area contributed by atoms with Crippen molar-refractivity contribution in [3.63, 3.8) is 0 Å². The van der Waals surface area contributed by atoms with Gasteiger partial charge >= 0.3 is 0 Å². The second kappa shape index (κ2) is 3.83. The maximum absolute atomic E-state index is 2.39. The molecule has 0 fully saturated rings. The van der Waals surface area contributed by atoms with Crippen LogP contribution in [0.5, 0.6) is 0 Å². The number of aryl methyl sites for hydroxylation is 2. The van der Waals surface area contributed by atoms with Gasteiger partial charge in [-0.05, 0) is 29.9 Å². The highest BCUT2D eigenvalue weighted by Gasteiger charge is 2.19. The second-order valence-electron chi connectivity index (χ2n) is 4.51. The molecule has 0 nitrogen and oxygen atoms in total. The molecular weight excluding hydrogens is 176 g/mol. The van der Waals surface area contributed by atoms with Gasteiger partial charge in [0.15, 0.2) is 0 Å². The van der Waals surface area contributed by atoms with E-state index in [0.29, 0.717) is 5.41 Å². The smallest absolute Gasteiger partial charge is 0.00827 e. The molecule has 74 valence electrons. The third-order valence-electron chi connectivity index (χ3n) is 2.34. The average molecular weight is 196 g/mol. The molecule has 0 spiro atoms. The fraction of sp³-hybridized carbons (Fsp3) is 0.667. The highest BCUT2D eigenvalue weighted by atomic mass is 32.1. The second-order valence-corrected chi connectivity index (χ2v) is 5.73. The van der Waals surface area contributed by atoms with Crippen LogP contribution in [-0.4, -0.2) is 0 Å². The zero-order valence-corrected chi connectivity index (χ0v) is 10.2. The highest BCUT2D eigenvalue weighted by Crippen LogP contribution is 2.33. The molecule has 1 heteroatoms. The third kappa shape index (κ3) is 2.34. The van der Waals surface area contributed by atoms with Crippen LogP contribution in [0.4, 0.5) is 0 Å². The standard InChI is InChI=1S/C12H20S/c1-6-9-8-10(12(3,4)5)11(7-2)13-9/h8H,6-7H2,1-5H3. The van der Waals surface area contributed by atoms with Gasteiger partial charge in [-0.3, -0.25) is 0 Å². The molecule has 0 saturated heterocycles. The van der Waals surface area contributed by atoms with Crippen LogP contribution in [0.15, 0.2) is 6.07 Å². The Morgan fingerprint density at radius 3 is 2.08 bits per heavy atom. The van der Waals surface area contributed by atoms with E-state index in [4.69, 9.17) is 0 Å². The first kappa shape index (κ1) is 10.8. The normalized spacial score (nSPS) is 12.1. The van der Waals surface area contributed by atoms with Gasteiger partial charge in [-0.2, -0.15) is 0 Å². The summed E-state index contributed by atoms with van der Waals surface area (Å²) in [5, 5.41) is 0. The summed E-state index contributed by atoms with van der Waals surface area (Å²) in [4.78, 5) is 3.10. The zero-order valence-electron chi connectivity index (χ0n) is 9.40. The van der Waals surface area contributed by atoms with Crippen molar-refractivity contribution in [2.24, 2.45) is 0 Å². The molecule has 0 aliphatic rings. The van der Waals surface area contributed by atoms with E-state index in [1.165, 1.54) is 17.7 Å². The average Bonchev–Trinajstić information content (AvgIpc) is 2.46. The molecule has 0 amide bonds. The van der Waals surface area contributed by atoms with Gasteiger partial charge in [0.05, 0.1) is 0 Å². The molecule has 1 aromatic rings. The molecule has 13 heavy (non-hydrogen) atoms. The molecule has 0 N–H and O–H groups in total. The Morgan fingerprint density at radius 1 is 1.15 bits per heavy atom. The van der Waals surface area contributed by atoms with Crippen LogP contribution >= 0.6 is 11.3 Å². The van der Waals surface area contributed by atoms with Gasteiger partial charge in [-0.15, -0.1) is 11.3 Å². The van der Waals surface area contributed by atoms with Crippen LogP contribution in [0, 0.1) is 0 Å². The van der Waals surface area contributed by atoms with Crippen molar-refractivity contribution in [1.29, 1.82) is 0 Å². The summed E-state index contributed by atoms with van der Waals surface area (Å²) in [5.41, 5.74) is 1.87. The van der Waals surface area contributed by atoms with E-state index in [0.717, 1.165) is 0 Å². The lowest BCUT2D eigenvalue weighted by Crippen LogP contribution is -2.11. The molecule has 0 aliphatic heterocycles. The van der Waals surface area contributed by atoms with Gasteiger partial charge in [0.25, 0.3) is 0 Å². The fourth-order valence-electron chi connectivity index (χ4n) is 1.56. The van der Waals surface area contributed by atoms with Gasteiger partial charge in [-0.1, -0.05) is 34.6 Å². The van der Waals surface area contributed by atoms with Crippen LogP contribution in [0.3, 0.4) is 0 Å². The van der Waals surface area contributed by atoms with Crippen molar-refractivity contribution < 1.29 is 0 Å². The number of thiophene rings is 1. The lowest BCUT2D eigenvalue weighted by molar-refractivity contribution is 0.586. The van der Waals surface area contributed by atoms with Crippen LogP contribution in [0.1, 0.15) is 49.9 Å². The minimum atomic E-state index is 0.315. The van der Waals surface area contributed by atoms with Crippen molar-refractivity contribution in [1.82, 2.24) is 0 Å². The van der Waals surface area contributed by atoms with Gasteiger partial charge in [0.2, 0.25) is 0 Å². The van der Waals surface area contributed by atoms with Crippen LogP contribution < -0.4 is 0 Å². The molecule has 0 aromatic carbocycles. The Balaban J connectivity index is 3.11. The Bertz CT molecular complexity index is 276. The summed E-state index contributed by atoms with van der Waals surface area (Å²) < 4.78 is 0. The van der Waals surface area contributed by atoms with E-state index in [9.17, 15) is 0 Å². The molecule has 1 heterocycles. The lowest BCUT2D eigenvalue weighted by Gasteiger charge is -2.18. The van der Waals surface area contributed by atoms with E-state index in [1.807, 2.05) is 11.3 Å². The quantitative estimate of drug-likeness (QED) is 0.666. The predicted molar refractivity (Wildman–Crippen MR) is 61.8 cm³/mol. The topological polar surface area (TPSA) is 0 Å². The molecular formula is C12H20S. The minimum Gasteiger partial charge on any atom is -0.145 e. The molecule has 0 aliphatic carbocycles. The SMILES string of the molecule is CCc1cc(C(C)(C)C)c(CC)s1. The summed E-state index contributed by atoms with van der Waals surface area (Å²) in [6.45, 7) is 11.4. The maximum Gasteiger partial charge on any atom is 0.00827 e. The Morgan fingerprint density at radius 2 is 1.77 bits per heavy atom. The molecule has 1 rings (SSSR count). The number of hydrogen-bond donors (Lipinski definition) is 0. The molecule has 0 radical (unpaired) electrons. The van der Waals surface area contributed by atoms with Gasteiger partial charge in [-0.25, -0.2) is 0 Å². The van der Waals surface area contributed by atoms with Crippen molar-refractivity contribution in [2.75, 3.05) is 0 Å². The van der Waals surface area contributed by atoms with E-state index < -0.39 is 0 Å². The largest absolute Gasteiger partial charge is 0.145 e. The van der Waals surface area contributed by atoms with Crippen LogP contribution in [0.2, 0.25) is 0 Å². The summed E-state index contributed by atoms with van der Waals surface area (Å²) in [7, 11) is 0. The monoisotopic (exact) mass is 196 g/mol. The molecule has 0 bridgehead atoms. The molecule has 0 saturated carbocycles. The number of rotatable bonds is 2. The molecule has 1 aromatic heterocycles. The highest BCUT2D eigenvalue weighted by molar-refractivity contribution is 7.12. The van der Waals surface area contributed by atoms with Gasteiger partial charge in [0, 0.05) is 9.75 Å². The summed E-state index contributed by atoms with van der Waals surface area (Å²) in [6.07, 6.45) is 2.35. The first-order valence-electron chi connectivity index (χ1n) is 5.11. The van der Waals surface area contributed by atoms with Crippen molar-refractivity contribution in [3.8, 4) is 0 Å². The van der Waals surface area contributed by atoms with Gasteiger partial charge in [0.1, 0.15) is 0 Å². The van der Waals surface area contributed by atoms with Crippen molar-refractivity contribution >= 4 is 11.3 Å². The first-order valence-corrected chi connectivity index (χ1v) is 5.92. The van der Waals surface area contributed by atoms with E-state index in [2.05, 4.69) is 40.7 Å². The Kier molecular flexibility index (Phi) is 3.18. The van der Waals surface area contributed by atoms with E-state index in [1.54, 1.807) is 10.4 Å². The number of hydrogen-bond acceptors (Lipinski definition) is 1. The summed E-state index contributed by atoms with van der Waals surface area (Å²) in [6, 6.07) is 2.39. The zero-order chi connectivity index (χ0) is 10.1. The van der Waals surface area contributed by atoms with E-state index >= 15 is 0 Å². The van der Waals surface area contributed by atoms with Crippen molar-refractivity contribution in [2.45, 2.75) is 52.9 Å². The Hall–Kier alpha value is -0.300. The van der Waals surface area contributed by atoms with Crippen LogP contribution in [-0.2, 0) is 18.3 Å². The lowest BCUT2D eigenvalue weighted by atomic mass is 9.86. The summed E-state index contributed by atoms with van der Waals surface area (Å²) >= 11 is 1.99. The third-order valence-corrected chi connectivity index (χ3v) is 3.76.